The lowest BCUT2D eigenvalue weighted by molar-refractivity contribution is 0.271. The van der Waals surface area contributed by atoms with Crippen molar-refractivity contribution in [3.63, 3.8) is 0 Å². The summed E-state index contributed by atoms with van der Waals surface area (Å²) >= 11 is 0. The predicted molar refractivity (Wildman–Crippen MR) is 155 cm³/mol. The van der Waals surface area contributed by atoms with Gasteiger partial charge in [-0.15, -0.1) is 0 Å². The molecule has 37 heavy (non-hydrogen) atoms. The van der Waals surface area contributed by atoms with Crippen molar-refractivity contribution in [2.75, 3.05) is 0 Å². The largest absolute Gasteiger partial charge is 0.192 e. The lowest BCUT2D eigenvalue weighted by Crippen LogP contribution is -2.39. The number of nitrogens with zero attached hydrogens (tertiary/aromatic N) is 1. The molecular formula is C36H37N. The summed E-state index contributed by atoms with van der Waals surface area (Å²) in [6, 6.07) is 38.3. The van der Waals surface area contributed by atoms with Gasteiger partial charge in [-0.3, -0.25) is 0 Å². The monoisotopic (exact) mass is 483 g/mol. The van der Waals surface area contributed by atoms with Gasteiger partial charge in [-0.25, -0.2) is 0 Å². The average Bonchev–Trinajstić information content (AvgIpc) is 2.99. The molecule has 0 aromatic heterocycles. The average molecular weight is 484 g/mol. The van der Waals surface area contributed by atoms with Crippen LogP contribution in [0.5, 0.6) is 0 Å². The Morgan fingerprint density at radius 1 is 0.595 bits per heavy atom. The van der Waals surface area contributed by atoms with E-state index < -0.39 is 0 Å². The second kappa shape index (κ2) is 11.2. The molecule has 1 nitrogen and oxygen atoms in total. The molecule has 0 aliphatic heterocycles. The van der Waals surface area contributed by atoms with E-state index in [1.807, 2.05) is 12.1 Å². The van der Waals surface area contributed by atoms with Crippen molar-refractivity contribution < 1.29 is 0 Å². The number of nitriles is 1. The Bertz CT molecular complexity index is 1280. The number of rotatable bonds is 7. The van der Waals surface area contributed by atoms with Crippen molar-refractivity contribution in [3.8, 4) is 17.2 Å². The lowest BCUT2D eigenvalue weighted by atomic mass is 9.58. The molecular weight excluding hydrogens is 446 g/mol. The zero-order valence-electron chi connectivity index (χ0n) is 22.2. The van der Waals surface area contributed by atoms with E-state index in [4.69, 9.17) is 0 Å². The van der Waals surface area contributed by atoms with Crippen molar-refractivity contribution in [2.45, 2.75) is 64.2 Å². The van der Waals surface area contributed by atoms with E-state index in [1.165, 1.54) is 65.5 Å². The number of benzene rings is 4. The van der Waals surface area contributed by atoms with Crippen LogP contribution in [-0.2, 0) is 18.3 Å². The molecule has 1 fully saturated rings. The maximum atomic E-state index is 9.18. The minimum absolute atomic E-state index is 0.178. The van der Waals surface area contributed by atoms with E-state index >= 15 is 0 Å². The van der Waals surface area contributed by atoms with Crippen LogP contribution < -0.4 is 0 Å². The van der Waals surface area contributed by atoms with Crippen molar-refractivity contribution in [3.05, 3.63) is 130 Å². The van der Waals surface area contributed by atoms with Gasteiger partial charge in [0.25, 0.3) is 0 Å². The Morgan fingerprint density at radius 3 is 1.41 bits per heavy atom. The summed E-state index contributed by atoms with van der Waals surface area (Å²) in [6.45, 7) is 4.46. The van der Waals surface area contributed by atoms with Crippen molar-refractivity contribution in [2.24, 2.45) is 5.92 Å². The third kappa shape index (κ3) is 4.86. The summed E-state index contributed by atoms with van der Waals surface area (Å²) in [5.74, 6) is 0.557. The highest BCUT2D eigenvalue weighted by Crippen LogP contribution is 2.50. The molecule has 5 rings (SSSR count). The van der Waals surface area contributed by atoms with E-state index in [-0.39, 0.29) is 5.41 Å². The van der Waals surface area contributed by atoms with E-state index in [0.717, 1.165) is 18.4 Å². The molecule has 1 heteroatoms. The van der Waals surface area contributed by atoms with Crippen LogP contribution >= 0.6 is 0 Å². The second-order valence-electron chi connectivity index (χ2n) is 10.5. The summed E-state index contributed by atoms with van der Waals surface area (Å²) in [7, 11) is 0. The van der Waals surface area contributed by atoms with Crippen LogP contribution in [0, 0.1) is 17.2 Å². The fraction of sp³-hybridized carbons (Fsp3) is 0.306. The normalized spacial score (nSPS) is 14.3. The third-order valence-corrected chi connectivity index (χ3v) is 8.54. The summed E-state index contributed by atoms with van der Waals surface area (Å²) in [4.78, 5) is 0. The molecule has 0 amide bonds. The second-order valence-corrected chi connectivity index (χ2v) is 10.5. The molecule has 4 aromatic carbocycles. The lowest BCUT2D eigenvalue weighted by Gasteiger charge is -2.45. The first-order valence-corrected chi connectivity index (χ1v) is 14.0. The van der Waals surface area contributed by atoms with Crippen molar-refractivity contribution in [1.29, 1.82) is 5.26 Å². The van der Waals surface area contributed by atoms with Crippen LogP contribution in [0.4, 0.5) is 0 Å². The number of hydrogen-bond acceptors (Lipinski definition) is 1. The first-order valence-electron chi connectivity index (χ1n) is 14.0. The summed E-state index contributed by atoms with van der Waals surface area (Å²) in [6.07, 6.45) is 8.56. The van der Waals surface area contributed by atoms with Gasteiger partial charge < -0.3 is 0 Å². The zero-order chi connectivity index (χ0) is 25.7. The Morgan fingerprint density at radius 2 is 1.00 bits per heavy atom. The molecule has 4 aromatic rings. The van der Waals surface area contributed by atoms with Gasteiger partial charge in [-0.05, 0) is 82.7 Å². The molecule has 0 radical (unpaired) electrons. The van der Waals surface area contributed by atoms with Crippen LogP contribution in [-0.4, -0.2) is 0 Å². The van der Waals surface area contributed by atoms with Gasteiger partial charge in [0.1, 0.15) is 0 Å². The van der Waals surface area contributed by atoms with Crippen LogP contribution in [0.1, 0.15) is 79.3 Å². The molecule has 1 aliphatic rings. The maximum Gasteiger partial charge on any atom is 0.0991 e. The highest BCUT2D eigenvalue weighted by molar-refractivity contribution is 5.66. The molecule has 0 N–H and O–H groups in total. The Kier molecular flexibility index (Phi) is 7.57. The Labute approximate surface area is 222 Å². The molecule has 0 atom stereocenters. The van der Waals surface area contributed by atoms with Crippen molar-refractivity contribution in [1.82, 2.24) is 0 Å². The standard InChI is InChI=1S/C36H37N/c1-3-27-12-20-33(21-13-27)36(32-8-6-5-7-9-32,34-22-14-28(4-2)15-23-34)35-24-18-31(19-25-35)30-16-10-29(26-37)11-17-30/h10-25,32H,3-9H2,1-2H3. The Balaban J connectivity index is 1.69. The molecule has 0 saturated heterocycles. The summed E-state index contributed by atoms with van der Waals surface area (Å²) in [5.41, 5.74) is 9.83. The third-order valence-electron chi connectivity index (χ3n) is 8.54. The van der Waals surface area contributed by atoms with Crippen LogP contribution in [0.3, 0.4) is 0 Å². The molecule has 0 spiro atoms. The maximum absolute atomic E-state index is 9.18. The van der Waals surface area contributed by atoms with E-state index in [1.54, 1.807) is 0 Å². The van der Waals surface area contributed by atoms with Crippen LogP contribution in [0.2, 0.25) is 0 Å². The van der Waals surface area contributed by atoms with Gasteiger partial charge in [0, 0.05) is 5.41 Å². The number of hydrogen-bond donors (Lipinski definition) is 0. The fourth-order valence-corrected chi connectivity index (χ4v) is 6.41. The van der Waals surface area contributed by atoms with Gasteiger partial charge >= 0.3 is 0 Å². The summed E-state index contributed by atoms with van der Waals surface area (Å²) < 4.78 is 0. The molecule has 1 aliphatic carbocycles. The molecule has 0 unspecified atom stereocenters. The zero-order valence-corrected chi connectivity index (χ0v) is 22.2. The highest BCUT2D eigenvalue weighted by Gasteiger charge is 2.43. The first kappa shape index (κ1) is 25.0. The minimum atomic E-state index is -0.178. The van der Waals surface area contributed by atoms with E-state index in [0.29, 0.717) is 11.5 Å². The van der Waals surface area contributed by atoms with Gasteiger partial charge in [-0.1, -0.05) is 118 Å². The Hall–Kier alpha value is -3.63. The summed E-state index contributed by atoms with van der Waals surface area (Å²) in [5, 5.41) is 9.18. The van der Waals surface area contributed by atoms with Gasteiger partial charge in [0.15, 0.2) is 0 Å². The molecule has 0 heterocycles. The highest BCUT2D eigenvalue weighted by atomic mass is 14.5. The molecule has 186 valence electrons. The SMILES string of the molecule is CCc1ccc(C(c2ccc(CC)cc2)(c2ccc(-c3ccc(C#N)cc3)cc2)C2CCCCC2)cc1. The minimum Gasteiger partial charge on any atom is -0.192 e. The van der Waals surface area contributed by atoms with E-state index in [2.05, 4.69) is 105 Å². The predicted octanol–water partition coefficient (Wildman–Crippen LogP) is 9.26. The van der Waals surface area contributed by atoms with Crippen molar-refractivity contribution >= 4 is 0 Å². The first-order chi connectivity index (χ1) is 18.2. The number of aryl methyl sites for hydroxylation is 2. The van der Waals surface area contributed by atoms with Gasteiger partial charge in [-0.2, -0.15) is 5.26 Å². The van der Waals surface area contributed by atoms with Gasteiger partial charge in [0.05, 0.1) is 11.6 Å². The van der Waals surface area contributed by atoms with E-state index in [9.17, 15) is 5.26 Å². The fourth-order valence-electron chi connectivity index (χ4n) is 6.41. The molecule has 1 saturated carbocycles. The topological polar surface area (TPSA) is 23.8 Å². The quantitative estimate of drug-likeness (QED) is 0.240. The van der Waals surface area contributed by atoms with Gasteiger partial charge in [0.2, 0.25) is 0 Å². The smallest absolute Gasteiger partial charge is 0.0991 e. The van der Waals surface area contributed by atoms with Crippen LogP contribution in [0.25, 0.3) is 11.1 Å². The van der Waals surface area contributed by atoms with Crippen LogP contribution in [0.15, 0.2) is 97.1 Å². The molecule has 0 bridgehead atoms.